The molecular weight excluding hydrogens is 256 g/mol. The van der Waals surface area contributed by atoms with E-state index in [1.165, 1.54) is 11.3 Å². The molecule has 5 heteroatoms. The van der Waals surface area contributed by atoms with Crippen LogP contribution in [0, 0.1) is 0 Å². The van der Waals surface area contributed by atoms with E-state index in [9.17, 15) is 4.79 Å². The van der Waals surface area contributed by atoms with E-state index in [-0.39, 0.29) is 5.91 Å². The number of halogens is 1. The second kappa shape index (κ2) is 5.29. The van der Waals surface area contributed by atoms with Gasteiger partial charge in [0.15, 0.2) is 5.13 Å². The van der Waals surface area contributed by atoms with Crippen molar-refractivity contribution in [1.29, 1.82) is 0 Å². The van der Waals surface area contributed by atoms with Crippen LogP contribution in [0.3, 0.4) is 0 Å². The summed E-state index contributed by atoms with van der Waals surface area (Å²) in [6.45, 7) is 1.63. The van der Waals surface area contributed by atoms with Gasteiger partial charge in [0.25, 0.3) is 0 Å². The van der Waals surface area contributed by atoms with Crippen molar-refractivity contribution in [1.82, 2.24) is 4.98 Å². The van der Waals surface area contributed by atoms with Crippen molar-refractivity contribution in [3.63, 3.8) is 0 Å². The molecule has 88 valence electrons. The molecule has 2 aromatic rings. The number of anilines is 1. The maximum atomic E-state index is 11.4. The van der Waals surface area contributed by atoms with Crippen LogP contribution in [-0.2, 0) is 4.79 Å². The predicted octanol–water partition coefficient (Wildman–Crippen LogP) is 3.38. The smallest absolute Gasteiger partial charge is 0.243 e. The van der Waals surface area contributed by atoms with Gasteiger partial charge in [-0.15, -0.1) is 22.9 Å². The summed E-state index contributed by atoms with van der Waals surface area (Å²) in [7, 11) is 0. The van der Waals surface area contributed by atoms with E-state index in [0.29, 0.717) is 5.13 Å². The normalized spacial score (nSPS) is 12.1. The van der Waals surface area contributed by atoms with Gasteiger partial charge < -0.3 is 5.32 Å². The van der Waals surface area contributed by atoms with E-state index in [1.54, 1.807) is 6.92 Å². The van der Waals surface area contributed by atoms with Crippen LogP contribution in [-0.4, -0.2) is 16.3 Å². The zero-order valence-corrected chi connectivity index (χ0v) is 10.8. The number of benzene rings is 1. The number of rotatable bonds is 3. The van der Waals surface area contributed by atoms with Gasteiger partial charge in [0.2, 0.25) is 5.91 Å². The number of carbonyl (C=O) groups is 1. The number of nitrogens with zero attached hydrogens (tertiary/aromatic N) is 1. The molecule has 2 rings (SSSR count). The zero-order chi connectivity index (χ0) is 12.3. The summed E-state index contributed by atoms with van der Waals surface area (Å²) in [5.41, 5.74) is 1.89. The highest BCUT2D eigenvalue weighted by molar-refractivity contribution is 7.14. The molecule has 0 bridgehead atoms. The summed E-state index contributed by atoms with van der Waals surface area (Å²) >= 11 is 7.06. The Morgan fingerprint density at radius 1 is 1.41 bits per heavy atom. The Balaban J connectivity index is 2.14. The molecule has 0 saturated heterocycles. The van der Waals surface area contributed by atoms with Crippen molar-refractivity contribution in [3.05, 3.63) is 35.7 Å². The van der Waals surface area contributed by atoms with Gasteiger partial charge in [0, 0.05) is 10.9 Å². The minimum absolute atomic E-state index is 0.236. The Labute approximate surface area is 108 Å². The lowest BCUT2D eigenvalue weighted by Crippen LogP contribution is -2.20. The summed E-state index contributed by atoms with van der Waals surface area (Å²) in [6.07, 6.45) is 0. The molecule has 0 unspecified atom stereocenters. The summed E-state index contributed by atoms with van der Waals surface area (Å²) in [4.78, 5) is 15.7. The van der Waals surface area contributed by atoms with Crippen molar-refractivity contribution in [2.45, 2.75) is 12.3 Å². The van der Waals surface area contributed by atoms with Crippen molar-refractivity contribution >= 4 is 34.0 Å². The van der Waals surface area contributed by atoms with Crippen molar-refractivity contribution < 1.29 is 4.79 Å². The van der Waals surface area contributed by atoms with Crippen LogP contribution >= 0.6 is 22.9 Å². The van der Waals surface area contributed by atoms with Crippen LogP contribution in [0.2, 0.25) is 0 Å². The fourth-order valence-electron chi connectivity index (χ4n) is 1.28. The third-order valence-corrected chi connectivity index (χ3v) is 3.12. The van der Waals surface area contributed by atoms with Crippen LogP contribution < -0.4 is 5.32 Å². The molecular formula is C12H11ClN2OS. The standard InChI is InChI=1S/C12H11ClN2OS/c1-8(13)11(16)15-12-14-10(7-17-12)9-5-3-2-4-6-9/h2-8H,1H3,(H,14,15,16)/t8-/m0/s1. The monoisotopic (exact) mass is 266 g/mol. The molecule has 3 nitrogen and oxygen atoms in total. The second-order valence-corrected chi connectivity index (χ2v) is 5.02. The highest BCUT2D eigenvalue weighted by Crippen LogP contribution is 2.24. The summed E-state index contributed by atoms with van der Waals surface area (Å²) in [5.74, 6) is -0.236. The number of hydrogen-bond acceptors (Lipinski definition) is 3. The Kier molecular flexibility index (Phi) is 3.76. The Hall–Kier alpha value is -1.39. The Bertz CT molecular complexity index is 510. The van der Waals surface area contributed by atoms with Crippen molar-refractivity contribution in [2.75, 3.05) is 5.32 Å². The van der Waals surface area contributed by atoms with Gasteiger partial charge >= 0.3 is 0 Å². The van der Waals surface area contributed by atoms with Gasteiger partial charge in [0.1, 0.15) is 5.38 Å². The number of hydrogen-bond donors (Lipinski definition) is 1. The molecule has 1 aromatic carbocycles. The third kappa shape index (κ3) is 3.05. The molecule has 1 N–H and O–H groups in total. The molecule has 0 aliphatic rings. The van der Waals surface area contributed by atoms with Crippen LogP contribution in [0.4, 0.5) is 5.13 Å². The number of thiazole rings is 1. The first kappa shape index (κ1) is 12.1. The number of carbonyl (C=O) groups excluding carboxylic acids is 1. The zero-order valence-electron chi connectivity index (χ0n) is 9.18. The first-order valence-electron chi connectivity index (χ1n) is 5.12. The third-order valence-electron chi connectivity index (χ3n) is 2.17. The lowest BCUT2D eigenvalue weighted by Gasteiger charge is -2.01. The summed E-state index contributed by atoms with van der Waals surface area (Å²) in [5, 5.41) is 4.59. The van der Waals surface area contributed by atoms with Crippen LogP contribution in [0.15, 0.2) is 35.7 Å². The molecule has 1 heterocycles. The van der Waals surface area contributed by atoms with Crippen LogP contribution in [0.25, 0.3) is 11.3 Å². The number of amides is 1. The maximum Gasteiger partial charge on any atom is 0.243 e. The first-order valence-corrected chi connectivity index (χ1v) is 6.44. The molecule has 1 amide bonds. The molecule has 1 atom stereocenters. The van der Waals surface area contributed by atoms with E-state index in [2.05, 4.69) is 10.3 Å². The van der Waals surface area contributed by atoms with Gasteiger partial charge in [-0.2, -0.15) is 0 Å². The minimum Gasteiger partial charge on any atom is -0.301 e. The summed E-state index contributed by atoms with van der Waals surface area (Å²) < 4.78 is 0. The van der Waals surface area contributed by atoms with E-state index in [4.69, 9.17) is 11.6 Å². The lowest BCUT2D eigenvalue weighted by atomic mass is 10.2. The topological polar surface area (TPSA) is 42.0 Å². The average Bonchev–Trinajstić information content (AvgIpc) is 2.78. The fraction of sp³-hybridized carbons (Fsp3) is 0.167. The number of aromatic nitrogens is 1. The van der Waals surface area contributed by atoms with E-state index >= 15 is 0 Å². The maximum absolute atomic E-state index is 11.4. The molecule has 0 fully saturated rings. The fourth-order valence-corrected chi connectivity index (χ4v) is 2.05. The Morgan fingerprint density at radius 3 is 2.76 bits per heavy atom. The molecule has 0 aliphatic carbocycles. The van der Waals surface area contributed by atoms with Crippen LogP contribution in [0.1, 0.15) is 6.92 Å². The Morgan fingerprint density at radius 2 is 2.12 bits per heavy atom. The van der Waals surface area contributed by atoms with Crippen molar-refractivity contribution in [3.8, 4) is 11.3 Å². The largest absolute Gasteiger partial charge is 0.301 e. The summed E-state index contributed by atoms with van der Waals surface area (Å²) in [6, 6.07) is 9.81. The predicted molar refractivity (Wildman–Crippen MR) is 71.5 cm³/mol. The first-order chi connectivity index (χ1) is 8.16. The molecule has 17 heavy (non-hydrogen) atoms. The molecule has 1 aromatic heterocycles. The highest BCUT2D eigenvalue weighted by atomic mass is 35.5. The molecule has 0 spiro atoms. The molecule has 0 radical (unpaired) electrons. The number of alkyl halides is 1. The average molecular weight is 267 g/mol. The van der Waals surface area contributed by atoms with Crippen molar-refractivity contribution in [2.24, 2.45) is 0 Å². The lowest BCUT2D eigenvalue weighted by molar-refractivity contribution is -0.115. The number of nitrogens with one attached hydrogen (secondary N) is 1. The van der Waals surface area contributed by atoms with Gasteiger partial charge in [0.05, 0.1) is 5.69 Å². The van der Waals surface area contributed by atoms with E-state index < -0.39 is 5.38 Å². The van der Waals surface area contributed by atoms with Gasteiger partial charge in [-0.05, 0) is 6.92 Å². The van der Waals surface area contributed by atoms with E-state index in [0.717, 1.165) is 11.3 Å². The van der Waals surface area contributed by atoms with Gasteiger partial charge in [-0.3, -0.25) is 4.79 Å². The SMILES string of the molecule is C[C@H](Cl)C(=O)Nc1nc(-c2ccccc2)cs1. The van der Waals surface area contributed by atoms with Crippen LogP contribution in [0.5, 0.6) is 0 Å². The molecule has 0 aliphatic heterocycles. The quantitative estimate of drug-likeness (QED) is 0.866. The molecule has 0 saturated carbocycles. The minimum atomic E-state index is -0.556. The second-order valence-electron chi connectivity index (χ2n) is 3.51. The van der Waals surface area contributed by atoms with E-state index in [1.807, 2.05) is 35.7 Å². The van der Waals surface area contributed by atoms with Gasteiger partial charge in [-0.1, -0.05) is 30.3 Å². The van der Waals surface area contributed by atoms with Gasteiger partial charge in [-0.25, -0.2) is 4.98 Å². The highest BCUT2D eigenvalue weighted by Gasteiger charge is 2.11.